The van der Waals surface area contributed by atoms with Gasteiger partial charge in [-0.3, -0.25) is 10.2 Å². The van der Waals surface area contributed by atoms with E-state index >= 15 is 4.39 Å². The number of hydrogen-bond acceptors (Lipinski definition) is 10. The Morgan fingerprint density at radius 2 is 1.89 bits per heavy atom. The fourth-order valence-corrected chi connectivity index (χ4v) is 4.30. The lowest BCUT2D eigenvalue weighted by Crippen LogP contribution is -2.29. The first-order valence-electron chi connectivity index (χ1n) is 11.7. The van der Waals surface area contributed by atoms with Gasteiger partial charge in [-0.25, -0.2) is 23.5 Å². The van der Waals surface area contributed by atoms with E-state index < -0.39 is 40.3 Å². The molecule has 12 heteroatoms. The maximum absolute atomic E-state index is 15.1. The SMILES string of the molecule is COC(=O)c1ccc(-c2cnc(NC3CCCCO3)c(C(=N)C(=O)c3ccc(F)c(NSC)c3F)c2)cn1. The van der Waals surface area contributed by atoms with Crippen molar-refractivity contribution >= 4 is 40.9 Å². The van der Waals surface area contributed by atoms with E-state index in [4.69, 9.17) is 10.1 Å². The first-order chi connectivity index (χ1) is 18.3. The van der Waals surface area contributed by atoms with Crippen molar-refractivity contribution in [3.05, 3.63) is 71.2 Å². The van der Waals surface area contributed by atoms with Crippen LogP contribution in [0.3, 0.4) is 0 Å². The zero-order valence-corrected chi connectivity index (χ0v) is 21.5. The van der Waals surface area contributed by atoms with Crippen molar-refractivity contribution in [2.45, 2.75) is 25.5 Å². The molecule has 0 amide bonds. The Balaban J connectivity index is 1.73. The van der Waals surface area contributed by atoms with Crippen molar-refractivity contribution in [1.29, 1.82) is 5.41 Å². The molecule has 4 rings (SSSR count). The maximum atomic E-state index is 15.1. The van der Waals surface area contributed by atoms with Crippen LogP contribution in [-0.2, 0) is 9.47 Å². The number of ketones is 1. The van der Waals surface area contributed by atoms with Crippen molar-refractivity contribution < 1.29 is 27.8 Å². The summed E-state index contributed by atoms with van der Waals surface area (Å²) in [5.74, 6) is -3.28. The summed E-state index contributed by atoms with van der Waals surface area (Å²) in [7, 11) is 1.25. The molecule has 9 nitrogen and oxygen atoms in total. The Labute approximate surface area is 222 Å². The van der Waals surface area contributed by atoms with Gasteiger partial charge in [-0.15, -0.1) is 0 Å². The number of esters is 1. The second-order valence-electron chi connectivity index (χ2n) is 8.34. The molecule has 0 radical (unpaired) electrons. The van der Waals surface area contributed by atoms with Gasteiger partial charge in [-0.1, -0.05) is 18.0 Å². The van der Waals surface area contributed by atoms with Crippen LogP contribution in [0.1, 0.15) is 45.7 Å². The van der Waals surface area contributed by atoms with Gasteiger partial charge in [0.05, 0.1) is 12.7 Å². The highest BCUT2D eigenvalue weighted by atomic mass is 32.2. The molecular formula is C26H25F2N5O4S. The van der Waals surface area contributed by atoms with E-state index in [-0.39, 0.29) is 23.3 Å². The molecule has 1 aliphatic rings. The number of anilines is 2. The molecule has 38 heavy (non-hydrogen) atoms. The summed E-state index contributed by atoms with van der Waals surface area (Å²) in [4.78, 5) is 33.5. The number of aromatic nitrogens is 2. The topological polar surface area (TPSA) is 126 Å². The summed E-state index contributed by atoms with van der Waals surface area (Å²) in [5.41, 5.74) is -0.191. The van der Waals surface area contributed by atoms with Crippen LogP contribution in [0.25, 0.3) is 11.1 Å². The standard InChI is InChI=1S/C26H25F2N5O4S/c1-36-26(35)19-9-6-14(12-30-19)15-11-17(25(31-13-15)32-20-5-3-4-10-37-20)22(29)24(34)16-7-8-18(27)23(21(16)28)33-38-2/h6-9,11-13,20,29,33H,3-5,10H2,1-2H3,(H,31,32). The summed E-state index contributed by atoms with van der Waals surface area (Å²) in [6, 6.07) is 6.64. The van der Waals surface area contributed by atoms with Crippen LogP contribution in [-0.4, -0.2) is 53.6 Å². The van der Waals surface area contributed by atoms with Crippen LogP contribution < -0.4 is 10.0 Å². The highest BCUT2D eigenvalue weighted by molar-refractivity contribution is 7.99. The van der Waals surface area contributed by atoms with Crippen molar-refractivity contribution in [3.63, 3.8) is 0 Å². The number of pyridine rings is 2. The average molecular weight is 542 g/mol. The zero-order chi connectivity index (χ0) is 27.2. The lowest BCUT2D eigenvalue weighted by molar-refractivity contribution is 0.0341. The summed E-state index contributed by atoms with van der Waals surface area (Å²) in [6.07, 6.45) is 6.76. The van der Waals surface area contributed by atoms with Gasteiger partial charge in [-0.2, -0.15) is 0 Å². The highest BCUT2D eigenvalue weighted by Gasteiger charge is 2.26. The second kappa shape index (κ2) is 12.1. The van der Waals surface area contributed by atoms with E-state index in [1.807, 2.05) is 0 Å². The van der Waals surface area contributed by atoms with Gasteiger partial charge in [0.15, 0.2) is 5.82 Å². The van der Waals surface area contributed by atoms with Gasteiger partial charge >= 0.3 is 5.97 Å². The molecule has 2 aromatic heterocycles. The van der Waals surface area contributed by atoms with Crippen LogP contribution >= 0.6 is 11.9 Å². The van der Waals surface area contributed by atoms with E-state index in [1.165, 1.54) is 25.6 Å². The number of nitrogens with zero attached hydrogens (tertiary/aromatic N) is 2. The normalized spacial score (nSPS) is 15.0. The minimum Gasteiger partial charge on any atom is -0.464 e. The van der Waals surface area contributed by atoms with E-state index in [1.54, 1.807) is 18.4 Å². The fourth-order valence-electron chi connectivity index (χ4n) is 3.91. The number of halogens is 2. The predicted molar refractivity (Wildman–Crippen MR) is 141 cm³/mol. The van der Waals surface area contributed by atoms with Crippen molar-refractivity contribution in [1.82, 2.24) is 9.97 Å². The lowest BCUT2D eigenvalue weighted by atomic mass is 9.97. The van der Waals surface area contributed by atoms with E-state index in [2.05, 4.69) is 24.7 Å². The van der Waals surface area contributed by atoms with Crippen molar-refractivity contribution in [3.8, 4) is 11.1 Å². The molecule has 0 aliphatic carbocycles. The minimum atomic E-state index is -1.09. The third-order valence-electron chi connectivity index (χ3n) is 5.89. The molecule has 1 aliphatic heterocycles. The number of ether oxygens (including phenoxy) is 2. The van der Waals surface area contributed by atoms with Gasteiger partial charge in [0, 0.05) is 41.9 Å². The Morgan fingerprint density at radius 3 is 2.55 bits per heavy atom. The first-order valence-corrected chi connectivity index (χ1v) is 12.9. The molecule has 3 heterocycles. The van der Waals surface area contributed by atoms with Crippen molar-refractivity contribution in [2.75, 3.05) is 30.0 Å². The van der Waals surface area contributed by atoms with Gasteiger partial charge in [-0.05, 0) is 43.5 Å². The average Bonchev–Trinajstić information content (AvgIpc) is 2.95. The minimum absolute atomic E-state index is 0.0989. The molecule has 1 fully saturated rings. The molecule has 0 bridgehead atoms. The lowest BCUT2D eigenvalue weighted by Gasteiger charge is -2.25. The van der Waals surface area contributed by atoms with E-state index in [0.29, 0.717) is 24.2 Å². The van der Waals surface area contributed by atoms with Crippen LogP contribution in [0.15, 0.2) is 42.7 Å². The molecule has 0 spiro atoms. The summed E-state index contributed by atoms with van der Waals surface area (Å²) >= 11 is 0.970. The number of nitrogens with one attached hydrogen (secondary N) is 3. The van der Waals surface area contributed by atoms with E-state index in [9.17, 15) is 14.0 Å². The van der Waals surface area contributed by atoms with E-state index in [0.717, 1.165) is 36.9 Å². The number of Topliss-reactive ketones (excluding diaryl/α,β-unsaturated/α-hetero) is 1. The number of rotatable bonds is 9. The monoisotopic (exact) mass is 541 g/mol. The quantitative estimate of drug-likeness (QED) is 0.147. The molecule has 198 valence electrons. The number of benzene rings is 1. The second-order valence-corrected chi connectivity index (χ2v) is 8.95. The summed E-state index contributed by atoms with van der Waals surface area (Å²) in [6.45, 7) is 0.561. The molecule has 1 atom stereocenters. The van der Waals surface area contributed by atoms with Gasteiger partial charge in [0.2, 0.25) is 5.78 Å². The molecule has 1 saturated heterocycles. The Hall–Kier alpha value is -3.90. The summed E-state index contributed by atoms with van der Waals surface area (Å²) < 4.78 is 42.1. The Morgan fingerprint density at radius 1 is 1.11 bits per heavy atom. The number of carbonyl (C=O) groups excluding carboxylic acids is 2. The Kier molecular flexibility index (Phi) is 8.64. The molecule has 1 unspecified atom stereocenters. The Bertz CT molecular complexity index is 1360. The smallest absolute Gasteiger partial charge is 0.356 e. The van der Waals surface area contributed by atoms with Gasteiger partial charge < -0.3 is 19.5 Å². The van der Waals surface area contributed by atoms with Crippen LogP contribution in [0.2, 0.25) is 0 Å². The maximum Gasteiger partial charge on any atom is 0.356 e. The first kappa shape index (κ1) is 27.1. The van der Waals surface area contributed by atoms with Crippen molar-refractivity contribution in [2.24, 2.45) is 0 Å². The third kappa shape index (κ3) is 5.81. The molecule has 3 N–H and O–H groups in total. The highest BCUT2D eigenvalue weighted by Crippen LogP contribution is 2.29. The molecule has 1 aromatic carbocycles. The number of carbonyl (C=O) groups is 2. The largest absolute Gasteiger partial charge is 0.464 e. The van der Waals surface area contributed by atoms with Crippen LogP contribution in [0, 0.1) is 17.0 Å². The third-order valence-corrected chi connectivity index (χ3v) is 6.30. The molecular weight excluding hydrogens is 516 g/mol. The number of methoxy groups -OCH3 is 1. The van der Waals surface area contributed by atoms with Gasteiger partial charge in [0.1, 0.15) is 35.0 Å². The van der Waals surface area contributed by atoms with Crippen LogP contribution in [0.4, 0.5) is 20.3 Å². The number of hydrogen-bond donors (Lipinski definition) is 3. The van der Waals surface area contributed by atoms with Crippen LogP contribution in [0.5, 0.6) is 0 Å². The summed E-state index contributed by atoms with van der Waals surface area (Å²) in [5, 5.41) is 11.8. The predicted octanol–water partition coefficient (Wildman–Crippen LogP) is 5.09. The zero-order valence-electron chi connectivity index (χ0n) is 20.6. The molecule has 3 aromatic rings. The molecule has 0 saturated carbocycles. The fraction of sp³-hybridized carbons (Fsp3) is 0.269. The van der Waals surface area contributed by atoms with Gasteiger partial charge in [0.25, 0.3) is 0 Å².